The second-order valence-corrected chi connectivity index (χ2v) is 6.31. The van der Waals surface area contributed by atoms with Crippen molar-refractivity contribution in [2.45, 2.75) is 12.8 Å². The van der Waals surface area contributed by atoms with Gasteiger partial charge in [0, 0.05) is 41.8 Å². The Labute approximate surface area is 166 Å². The molecule has 29 heavy (non-hydrogen) atoms. The first kappa shape index (κ1) is 18.4. The first-order valence-corrected chi connectivity index (χ1v) is 8.83. The molecule has 9 heteroatoms. The number of benzene rings is 1. The van der Waals surface area contributed by atoms with Crippen LogP contribution >= 0.6 is 0 Å². The Bertz CT molecular complexity index is 1100. The summed E-state index contributed by atoms with van der Waals surface area (Å²) in [5.74, 6) is 0.585. The van der Waals surface area contributed by atoms with Crippen molar-refractivity contribution in [2.24, 2.45) is 0 Å². The van der Waals surface area contributed by atoms with Crippen LogP contribution < -0.4 is 11.1 Å². The number of anilines is 3. The molecule has 0 aliphatic heterocycles. The van der Waals surface area contributed by atoms with E-state index in [0.29, 0.717) is 22.9 Å². The predicted molar refractivity (Wildman–Crippen MR) is 107 cm³/mol. The normalized spacial score (nSPS) is 11.8. The molecule has 3 heterocycles. The average molecular weight is 388 g/mol. The summed E-state index contributed by atoms with van der Waals surface area (Å²) in [5, 5.41) is 3.17. The summed E-state index contributed by atoms with van der Waals surface area (Å²) < 4.78 is 13.4. The largest absolute Gasteiger partial charge is 0.368 e. The predicted octanol–water partition coefficient (Wildman–Crippen LogP) is 3.34. The Balaban J connectivity index is 1.90. The molecule has 0 aliphatic rings. The van der Waals surface area contributed by atoms with E-state index >= 15 is 0 Å². The third-order valence-corrected chi connectivity index (χ3v) is 4.41. The third-order valence-electron chi connectivity index (χ3n) is 4.41. The summed E-state index contributed by atoms with van der Waals surface area (Å²) >= 11 is 0. The number of rotatable bonds is 5. The number of nitrogens with two attached hydrogens (primary N) is 1. The van der Waals surface area contributed by atoms with Crippen LogP contribution in [0.3, 0.4) is 0 Å². The van der Waals surface area contributed by atoms with Gasteiger partial charge in [0.2, 0.25) is 5.95 Å². The molecule has 0 saturated carbocycles. The van der Waals surface area contributed by atoms with Gasteiger partial charge in [0.05, 0.1) is 11.9 Å². The monoisotopic (exact) mass is 388 g/mol. The number of hydrogen-bond acceptors (Lipinski definition) is 8. The molecule has 4 rings (SSSR count). The zero-order valence-corrected chi connectivity index (χ0v) is 15.5. The molecule has 3 N–H and O–H groups in total. The van der Waals surface area contributed by atoms with Gasteiger partial charge < -0.3 is 11.1 Å². The topological polar surface area (TPSA) is 115 Å². The van der Waals surface area contributed by atoms with E-state index in [-0.39, 0.29) is 17.7 Å². The van der Waals surface area contributed by atoms with Crippen LogP contribution in [0.4, 0.5) is 22.0 Å². The maximum atomic E-state index is 13.4. The maximum absolute atomic E-state index is 13.4. The molecule has 0 amide bonds. The summed E-state index contributed by atoms with van der Waals surface area (Å²) in [6, 6.07) is 6.30. The van der Waals surface area contributed by atoms with E-state index < -0.39 is 0 Å². The first-order chi connectivity index (χ1) is 14.1. The quantitative estimate of drug-likeness (QED) is 0.535. The van der Waals surface area contributed by atoms with E-state index in [1.807, 2.05) is 6.92 Å². The third kappa shape index (κ3) is 3.98. The molecule has 0 aliphatic carbocycles. The van der Waals surface area contributed by atoms with Gasteiger partial charge in [-0.3, -0.25) is 4.98 Å². The van der Waals surface area contributed by atoms with E-state index in [9.17, 15) is 4.39 Å². The van der Waals surface area contributed by atoms with Crippen molar-refractivity contribution in [1.82, 2.24) is 29.9 Å². The van der Waals surface area contributed by atoms with Crippen molar-refractivity contribution >= 4 is 17.6 Å². The minimum Gasteiger partial charge on any atom is -0.368 e. The summed E-state index contributed by atoms with van der Waals surface area (Å²) in [4.78, 5) is 25.3. The fraction of sp³-hybridized carbons (Fsp3) is 0.100. The average Bonchev–Trinajstić information content (AvgIpc) is 2.75. The van der Waals surface area contributed by atoms with E-state index in [0.717, 1.165) is 11.1 Å². The lowest BCUT2D eigenvalue weighted by Gasteiger charge is -2.20. The Hall–Kier alpha value is -4.01. The van der Waals surface area contributed by atoms with E-state index in [1.54, 1.807) is 43.1 Å². The molecule has 3 aromatic heterocycles. The summed E-state index contributed by atoms with van der Waals surface area (Å²) in [7, 11) is 0. The van der Waals surface area contributed by atoms with Crippen LogP contribution in [0.2, 0.25) is 0 Å². The minimum atomic E-state index is -0.302. The second kappa shape index (κ2) is 7.93. The van der Waals surface area contributed by atoms with Crippen LogP contribution in [-0.4, -0.2) is 29.9 Å². The fourth-order valence-corrected chi connectivity index (χ4v) is 3.04. The summed E-state index contributed by atoms with van der Waals surface area (Å²) in [6.45, 7) is 1.98. The van der Waals surface area contributed by atoms with Gasteiger partial charge in [-0.05, 0) is 17.7 Å². The molecule has 4 aromatic rings. The number of hydrogen-bond donors (Lipinski definition) is 2. The standard InChI is InChI=1S/C20H17FN8/c1-12(13-2-4-15(21)5-3-13)17-18(14-8-24-11-25-9-14)28-20(22)29-19(17)27-16-10-23-6-7-26-16/h2-12H,1H3,(H3,22,26,27,28,29). The van der Waals surface area contributed by atoms with Gasteiger partial charge in [-0.2, -0.15) is 4.98 Å². The molecule has 0 radical (unpaired) electrons. The van der Waals surface area contributed by atoms with Crippen molar-refractivity contribution in [3.8, 4) is 11.3 Å². The lowest BCUT2D eigenvalue weighted by Crippen LogP contribution is -2.11. The molecule has 1 unspecified atom stereocenters. The molecule has 1 aromatic carbocycles. The molecular formula is C20H17FN8. The molecule has 0 fully saturated rings. The highest BCUT2D eigenvalue weighted by molar-refractivity contribution is 5.73. The van der Waals surface area contributed by atoms with Gasteiger partial charge in [-0.1, -0.05) is 19.1 Å². The number of nitrogen functional groups attached to an aromatic ring is 1. The van der Waals surface area contributed by atoms with E-state index in [1.165, 1.54) is 18.5 Å². The zero-order valence-electron chi connectivity index (χ0n) is 15.5. The van der Waals surface area contributed by atoms with Crippen LogP contribution in [0.5, 0.6) is 0 Å². The molecule has 1 atom stereocenters. The number of nitrogens with one attached hydrogen (secondary N) is 1. The van der Waals surface area contributed by atoms with Gasteiger partial charge in [0.15, 0.2) is 0 Å². The number of halogens is 1. The van der Waals surface area contributed by atoms with Crippen LogP contribution in [0, 0.1) is 5.82 Å². The van der Waals surface area contributed by atoms with Gasteiger partial charge in [0.25, 0.3) is 0 Å². The van der Waals surface area contributed by atoms with Crippen LogP contribution in [-0.2, 0) is 0 Å². The molecule has 0 spiro atoms. The Kier molecular flexibility index (Phi) is 5.02. The van der Waals surface area contributed by atoms with Crippen LogP contribution in [0.25, 0.3) is 11.3 Å². The van der Waals surface area contributed by atoms with E-state index in [4.69, 9.17) is 5.73 Å². The second-order valence-electron chi connectivity index (χ2n) is 6.31. The van der Waals surface area contributed by atoms with Crippen molar-refractivity contribution in [1.29, 1.82) is 0 Å². The van der Waals surface area contributed by atoms with E-state index in [2.05, 4.69) is 35.2 Å². The molecule has 0 saturated heterocycles. The highest BCUT2D eigenvalue weighted by Gasteiger charge is 2.23. The molecule has 144 valence electrons. The van der Waals surface area contributed by atoms with Gasteiger partial charge in [-0.25, -0.2) is 24.3 Å². The van der Waals surface area contributed by atoms with Crippen molar-refractivity contribution in [3.05, 3.63) is 78.5 Å². The highest BCUT2D eigenvalue weighted by atomic mass is 19.1. The highest BCUT2D eigenvalue weighted by Crippen LogP contribution is 2.37. The smallest absolute Gasteiger partial charge is 0.222 e. The molecule has 8 nitrogen and oxygen atoms in total. The van der Waals surface area contributed by atoms with Crippen molar-refractivity contribution in [2.75, 3.05) is 11.1 Å². The summed E-state index contributed by atoms with van der Waals surface area (Å²) in [5.41, 5.74) is 8.91. The molecular weight excluding hydrogens is 371 g/mol. The van der Waals surface area contributed by atoms with Crippen LogP contribution in [0.15, 0.2) is 61.6 Å². The lowest BCUT2D eigenvalue weighted by molar-refractivity contribution is 0.626. The first-order valence-electron chi connectivity index (χ1n) is 8.83. The minimum absolute atomic E-state index is 0.0882. The fourth-order valence-electron chi connectivity index (χ4n) is 3.04. The molecule has 0 bridgehead atoms. The SMILES string of the molecule is CC(c1ccc(F)cc1)c1c(Nc2cnccn2)nc(N)nc1-c1cncnc1. The zero-order chi connectivity index (χ0) is 20.2. The summed E-state index contributed by atoms with van der Waals surface area (Å²) in [6.07, 6.45) is 9.48. The Morgan fingerprint density at radius 2 is 1.72 bits per heavy atom. The maximum Gasteiger partial charge on any atom is 0.222 e. The lowest BCUT2D eigenvalue weighted by atomic mass is 9.90. The van der Waals surface area contributed by atoms with Gasteiger partial charge in [-0.15, -0.1) is 0 Å². The number of aromatic nitrogens is 6. The van der Waals surface area contributed by atoms with Gasteiger partial charge >= 0.3 is 0 Å². The Morgan fingerprint density at radius 3 is 2.41 bits per heavy atom. The number of nitrogens with zero attached hydrogens (tertiary/aromatic N) is 6. The van der Waals surface area contributed by atoms with Crippen LogP contribution in [0.1, 0.15) is 24.0 Å². The van der Waals surface area contributed by atoms with Crippen molar-refractivity contribution in [3.63, 3.8) is 0 Å². The van der Waals surface area contributed by atoms with Gasteiger partial charge in [0.1, 0.15) is 23.8 Å². The van der Waals surface area contributed by atoms with Crippen molar-refractivity contribution < 1.29 is 4.39 Å². The Morgan fingerprint density at radius 1 is 0.966 bits per heavy atom.